The summed E-state index contributed by atoms with van der Waals surface area (Å²) in [5, 5.41) is 9.82. The first-order valence-electron chi connectivity index (χ1n) is 7.28. The number of ether oxygens (including phenoxy) is 2. The molecule has 0 saturated carbocycles. The van der Waals surface area contributed by atoms with E-state index in [1.54, 1.807) is 43.5 Å². The fourth-order valence-corrected chi connectivity index (χ4v) is 2.09. The van der Waals surface area contributed by atoms with E-state index >= 15 is 0 Å². The number of aromatic hydroxyl groups is 1. The number of rotatable bonds is 7. The summed E-state index contributed by atoms with van der Waals surface area (Å²) >= 11 is 0. The Labute approximate surface area is 140 Å². The van der Waals surface area contributed by atoms with Gasteiger partial charge in [-0.15, -0.1) is 0 Å². The third kappa shape index (κ3) is 4.46. The van der Waals surface area contributed by atoms with Crippen LogP contribution in [0.5, 0.6) is 17.2 Å². The van der Waals surface area contributed by atoms with Gasteiger partial charge in [0.2, 0.25) is 0 Å². The number of phenols is 1. The summed E-state index contributed by atoms with van der Waals surface area (Å²) in [6.07, 6.45) is 2.66. The molecule has 0 fully saturated rings. The van der Waals surface area contributed by atoms with Crippen LogP contribution in [0.15, 0.2) is 48.5 Å². The van der Waals surface area contributed by atoms with Gasteiger partial charge in [-0.2, -0.15) is 0 Å². The molecule has 0 heterocycles. The van der Waals surface area contributed by atoms with Crippen LogP contribution in [0, 0.1) is 0 Å². The minimum atomic E-state index is -0.445. The van der Waals surface area contributed by atoms with Crippen molar-refractivity contribution in [2.45, 2.75) is 6.42 Å². The van der Waals surface area contributed by atoms with Crippen LogP contribution in [0.25, 0.3) is 6.08 Å². The van der Waals surface area contributed by atoms with Crippen LogP contribution in [0.1, 0.15) is 22.3 Å². The maximum atomic E-state index is 12.1. The fourth-order valence-electron chi connectivity index (χ4n) is 2.09. The van der Waals surface area contributed by atoms with Gasteiger partial charge in [-0.1, -0.05) is 18.2 Å². The maximum absolute atomic E-state index is 12.1. The number of carbonyl (C=O) groups excluding carboxylic acids is 2. The highest BCUT2D eigenvalue weighted by Crippen LogP contribution is 2.24. The molecule has 2 rings (SSSR count). The second-order valence-electron chi connectivity index (χ2n) is 5.06. The van der Waals surface area contributed by atoms with E-state index in [9.17, 15) is 14.7 Å². The molecule has 1 N–H and O–H groups in total. The van der Waals surface area contributed by atoms with Gasteiger partial charge in [-0.05, 0) is 35.9 Å². The van der Waals surface area contributed by atoms with Crippen molar-refractivity contribution in [3.05, 3.63) is 59.7 Å². The lowest BCUT2D eigenvalue weighted by molar-refractivity contribution is -0.113. The average Bonchev–Trinajstić information content (AvgIpc) is 2.60. The first-order chi connectivity index (χ1) is 11.5. The number of phenolic OH excluding ortho intramolecular Hbond substituents is 1. The van der Waals surface area contributed by atoms with Crippen molar-refractivity contribution in [2.24, 2.45) is 0 Å². The molecule has 5 nitrogen and oxygen atoms in total. The molecule has 0 radical (unpaired) electrons. The van der Waals surface area contributed by atoms with Crippen molar-refractivity contribution in [1.29, 1.82) is 0 Å². The molecule has 0 aromatic heterocycles. The van der Waals surface area contributed by atoms with Crippen LogP contribution in [-0.2, 0) is 4.79 Å². The Hall–Kier alpha value is -3.08. The van der Waals surface area contributed by atoms with E-state index < -0.39 is 5.78 Å². The van der Waals surface area contributed by atoms with E-state index in [0.717, 1.165) is 11.3 Å². The second kappa shape index (κ2) is 7.97. The molecule has 0 aliphatic carbocycles. The summed E-state index contributed by atoms with van der Waals surface area (Å²) in [6.45, 7) is 0. The number of benzene rings is 2. The summed E-state index contributed by atoms with van der Waals surface area (Å²) < 4.78 is 10.0. The molecule has 0 amide bonds. The summed E-state index contributed by atoms with van der Waals surface area (Å²) in [6, 6.07) is 11.5. The van der Waals surface area contributed by atoms with E-state index in [1.807, 2.05) is 0 Å². The molecule has 2 aromatic rings. The van der Waals surface area contributed by atoms with Gasteiger partial charge in [0.15, 0.2) is 11.6 Å². The van der Waals surface area contributed by atoms with Crippen LogP contribution in [0.2, 0.25) is 0 Å². The highest BCUT2D eigenvalue weighted by atomic mass is 16.5. The van der Waals surface area contributed by atoms with Gasteiger partial charge in [0.25, 0.3) is 0 Å². The zero-order valence-corrected chi connectivity index (χ0v) is 13.5. The third-order valence-corrected chi connectivity index (χ3v) is 3.42. The van der Waals surface area contributed by atoms with Crippen LogP contribution < -0.4 is 9.47 Å². The van der Waals surface area contributed by atoms with Gasteiger partial charge in [0, 0.05) is 6.07 Å². The lowest BCUT2D eigenvalue weighted by Gasteiger charge is -2.05. The standard InChI is InChI=1S/C19H18O5/c1-23-15-7-4-13(5-8-15)3-6-14(20)11-18(21)17-10-9-16(24-2)12-19(17)22/h3-10,12,22H,11H2,1-2H3/b6-3+. The minimum absolute atomic E-state index is 0.0991. The van der Waals surface area contributed by atoms with Crippen molar-refractivity contribution >= 4 is 17.6 Å². The first kappa shape index (κ1) is 17.3. The number of Topliss-reactive ketones (excluding diaryl/α,β-unsaturated/α-hetero) is 1. The van der Waals surface area contributed by atoms with Crippen molar-refractivity contribution in [2.75, 3.05) is 14.2 Å². The Kier molecular flexibility index (Phi) is 5.73. The average molecular weight is 326 g/mol. The summed E-state index contributed by atoms with van der Waals surface area (Å²) in [7, 11) is 3.04. The van der Waals surface area contributed by atoms with E-state index in [-0.39, 0.29) is 23.5 Å². The van der Waals surface area contributed by atoms with Crippen molar-refractivity contribution in [1.82, 2.24) is 0 Å². The van der Waals surface area contributed by atoms with E-state index in [0.29, 0.717) is 5.75 Å². The lowest BCUT2D eigenvalue weighted by Crippen LogP contribution is -2.06. The van der Waals surface area contributed by atoms with Gasteiger partial charge in [0.1, 0.15) is 17.2 Å². The van der Waals surface area contributed by atoms with Crippen molar-refractivity contribution in [3.8, 4) is 17.2 Å². The van der Waals surface area contributed by atoms with Gasteiger partial charge in [0.05, 0.1) is 26.2 Å². The molecule has 2 aromatic carbocycles. The van der Waals surface area contributed by atoms with Gasteiger partial charge >= 0.3 is 0 Å². The van der Waals surface area contributed by atoms with Gasteiger partial charge < -0.3 is 14.6 Å². The number of hydrogen-bond donors (Lipinski definition) is 1. The van der Waals surface area contributed by atoms with Crippen LogP contribution >= 0.6 is 0 Å². The zero-order chi connectivity index (χ0) is 17.5. The Morgan fingerprint density at radius 3 is 2.21 bits per heavy atom. The Bertz CT molecular complexity index is 760. The quantitative estimate of drug-likeness (QED) is 0.480. The molecule has 24 heavy (non-hydrogen) atoms. The van der Waals surface area contributed by atoms with E-state index in [2.05, 4.69) is 0 Å². The molecular weight excluding hydrogens is 308 g/mol. The zero-order valence-electron chi connectivity index (χ0n) is 13.5. The number of ketones is 2. The normalized spacial score (nSPS) is 10.6. The second-order valence-corrected chi connectivity index (χ2v) is 5.06. The third-order valence-electron chi connectivity index (χ3n) is 3.42. The highest BCUT2D eigenvalue weighted by Gasteiger charge is 2.14. The van der Waals surface area contributed by atoms with E-state index in [4.69, 9.17) is 9.47 Å². The molecule has 0 bridgehead atoms. The molecule has 0 unspecified atom stereocenters. The SMILES string of the molecule is COc1ccc(/C=C/C(=O)CC(=O)c2ccc(OC)cc2O)cc1. The molecule has 0 aliphatic rings. The highest BCUT2D eigenvalue weighted by molar-refractivity contribution is 6.13. The Morgan fingerprint density at radius 2 is 1.62 bits per heavy atom. The molecule has 0 spiro atoms. The topological polar surface area (TPSA) is 72.8 Å². The van der Waals surface area contributed by atoms with Crippen LogP contribution in [0.4, 0.5) is 0 Å². The summed E-state index contributed by atoms with van der Waals surface area (Å²) in [5.41, 5.74) is 0.922. The number of allylic oxidation sites excluding steroid dienone is 1. The lowest BCUT2D eigenvalue weighted by atomic mass is 10.0. The predicted octanol–water partition coefficient (Wildman–Crippen LogP) is 3.26. The molecule has 124 valence electrons. The largest absolute Gasteiger partial charge is 0.507 e. The number of methoxy groups -OCH3 is 2. The monoisotopic (exact) mass is 326 g/mol. The van der Waals surface area contributed by atoms with Crippen molar-refractivity contribution in [3.63, 3.8) is 0 Å². The smallest absolute Gasteiger partial charge is 0.174 e. The molecule has 5 heteroatoms. The predicted molar refractivity (Wildman–Crippen MR) is 90.6 cm³/mol. The molecule has 0 saturated heterocycles. The molecule has 0 atom stereocenters. The fraction of sp³-hybridized carbons (Fsp3) is 0.158. The summed E-state index contributed by atoms with van der Waals surface area (Å²) in [5.74, 6) is 0.176. The molecule has 0 aliphatic heterocycles. The summed E-state index contributed by atoms with van der Waals surface area (Å²) in [4.78, 5) is 24.0. The minimum Gasteiger partial charge on any atom is -0.507 e. The Morgan fingerprint density at radius 1 is 1.00 bits per heavy atom. The van der Waals surface area contributed by atoms with Crippen molar-refractivity contribution < 1.29 is 24.2 Å². The first-order valence-corrected chi connectivity index (χ1v) is 7.28. The van der Waals surface area contributed by atoms with Crippen LogP contribution in [0.3, 0.4) is 0 Å². The van der Waals surface area contributed by atoms with Gasteiger partial charge in [-0.3, -0.25) is 9.59 Å². The number of carbonyl (C=O) groups is 2. The molecular formula is C19H18O5. The number of hydrogen-bond acceptors (Lipinski definition) is 5. The Balaban J connectivity index is 2.00. The van der Waals surface area contributed by atoms with E-state index in [1.165, 1.54) is 25.3 Å². The van der Waals surface area contributed by atoms with Crippen LogP contribution in [-0.4, -0.2) is 30.9 Å². The van der Waals surface area contributed by atoms with Gasteiger partial charge in [-0.25, -0.2) is 0 Å². The maximum Gasteiger partial charge on any atom is 0.174 e.